The molecular formula is C22H26N2O4S. The van der Waals surface area contributed by atoms with E-state index in [2.05, 4.69) is 0 Å². The third-order valence-corrected chi connectivity index (χ3v) is 7.42. The van der Waals surface area contributed by atoms with Gasteiger partial charge < -0.3 is 8.98 Å². The molecule has 1 fully saturated rings. The van der Waals surface area contributed by atoms with Crippen molar-refractivity contribution in [2.45, 2.75) is 51.2 Å². The maximum atomic E-state index is 12.2. The molecule has 1 saturated carbocycles. The first-order chi connectivity index (χ1) is 13.8. The van der Waals surface area contributed by atoms with Crippen molar-refractivity contribution in [3.63, 3.8) is 0 Å². The summed E-state index contributed by atoms with van der Waals surface area (Å²) in [7, 11) is -1.47. The molecule has 29 heavy (non-hydrogen) atoms. The van der Waals surface area contributed by atoms with E-state index in [1.807, 2.05) is 18.2 Å². The first-order valence-electron chi connectivity index (χ1n) is 10.1. The Morgan fingerprint density at radius 3 is 2.59 bits per heavy atom. The van der Waals surface area contributed by atoms with Crippen molar-refractivity contribution in [2.24, 2.45) is 7.05 Å². The molecule has 0 aliphatic heterocycles. The first-order valence-corrected chi connectivity index (χ1v) is 11.9. The Labute approximate surface area is 170 Å². The highest BCUT2D eigenvalue weighted by Gasteiger charge is 2.24. The normalized spacial score (nSPS) is 15.4. The van der Waals surface area contributed by atoms with Gasteiger partial charge in [-0.05, 0) is 43.5 Å². The molecule has 4 rings (SSSR count). The Kier molecular flexibility index (Phi) is 5.11. The Balaban J connectivity index is 1.93. The molecule has 1 aliphatic carbocycles. The molecule has 0 unspecified atom stereocenters. The summed E-state index contributed by atoms with van der Waals surface area (Å²) in [6, 6.07) is 5.51. The third-order valence-electron chi connectivity index (χ3n) is 5.77. The van der Waals surface area contributed by atoms with Crippen LogP contribution in [-0.4, -0.2) is 23.7 Å². The molecule has 0 atom stereocenters. The van der Waals surface area contributed by atoms with Gasteiger partial charge in [0.15, 0.2) is 21.3 Å². The molecule has 0 N–H and O–H groups in total. The highest BCUT2D eigenvalue weighted by atomic mass is 32.2. The van der Waals surface area contributed by atoms with Crippen LogP contribution in [0.4, 0.5) is 0 Å². The molecule has 6 nitrogen and oxygen atoms in total. The molecule has 2 heterocycles. The average molecular weight is 415 g/mol. The van der Waals surface area contributed by atoms with Gasteiger partial charge in [-0.1, -0.05) is 19.8 Å². The third kappa shape index (κ3) is 3.88. The minimum atomic E-state index is -3.19. The van der Waals surface area contributed by atoms with Crippen LogP contribution in [0.25, 0.3) is 22.2 Å². The Hall–Kier alpha value is -2.41. The minimum Gasteiger partial charge on any atom is -0.440 e. The van der Waals surface area contributed by atoms with E-state index in [0.717, 1.165) is 29.9 Å². The number of aromatic nitrogens is 2. The molecule has 1 aliphatic rings. The molecule has 0 saturated heterocycles. The summed E-state index contributed by atoms with van der Waals surface area (Å²) >= 11 is 0. The van der Waals surface area contributed by atoms with Crippen molar-refractivity contribution >= 4 is 20.9 Å². The predicted octanol–water partition coefficient (Wildman–Crippen LogP) is 4.09. The van der Waals surface area contributed by atoms with Crippen molar-refractivity contribution in [1.29, 1.82) is 0 Å². The lowest BCUT2D eigenvalue weighted by molar-refractivity contribution is 0.474. The lowest BCUT2D eigenvalue weighted by Gasteiger charge is -2.09. The minimum absolute atomic E-state index is 0.0389. The second-order valence-corrected chi connectivity index (χ2v) is 10.4. The molecule has 2 aromatic heterocycles. The van der Waals surface area contributed by atoms with Crippen LogP contribution in [0.2, 0.25) is 0 Å². The summed E-state index contributed by atoms with van der Waals surface area (Å²) in [6.07, 6.45) is 6.25. The maximum Gasteiger partial charge on any atom is 0.253 e. The van der Waals surface area contributed by atoms with Crippen molar-refractivity contribution in [3.05, 3.63) is 51.8 Å². The van der Waals surface area contributed by atoms with Crippen LogP contribution < -0.4 is 5.56 Å². The number of nitrogens with zero attached hydrogens (tertiary/aromatic N) is 2. The summed E-state index contributed by atoms with van der Waals surface area (Å²) in [6.45, 7) is 3.43. The zero-order valence-electron chi connectivity index (χ0n) is 17.1. The van der Waals surface area contributed by atoms with Crippen molar-refractivity contribution in [1.82, 2.24) is 9.55 Å². The highest BCUT2D eigenvalue weighted by Crippen LogP contribution is 2.38. The van der Waals surface area contributed by atoms with E-state index in [-0.39, 0.29) is 17.1 Å². The van der Waals surface area contributed by atoms with Crippen LogP contribution in [-0.2, 0) is 22.6 Å². The van der Waals surface area contributed by atoms with Crippen molar-refractivity contribution in [3.8, 4) is 11.1 Å². The van der Waals surface area contributed by atoms with Crippen LogP contribution >= 0.6 is 0 Å². The Bertz CT molecular complexity index is 1210. The van der Waals surface area contributed by atoms with Gasteiger partial charge in [0, 0.05) is 41.6 Å². The molecule has 0 radical (unpaired) electrons. The molecule has 154 valence electrons. The zero-order valence-corrected chi connectivity index (χ0v) is 17.9. The van der Waals surface area contributed by atoms with Crippen molar-refractivity contribution in [2.75, 3.05) is 5.75 Å². The monoisotopic (exact) mass is 414 g/mol. The van der Waals surface area contributed by atoms with Gasteiger partial charge in [-0.2, -0.15) is 0 Å². The summed E-state index contributed by atoms with van der Waals surface area (Å²) in [4.78, 5) is 16.9. The topological polar surface area (TPSA) is 82.2 Å². The van der Waals surface area contributed by atoms with E-state index in [9.17, 15) is 13.2 Å². The summed E-state index contributed by atoms with van der Waals surface area (Å²) in [5, 5.41) is 0. The smallest absolute Gasteiger partial charge is 0.253 e. The number of oxazole rings is 1. The number of aryl methyl sites for hydroxylation is 2. The number of pyridine rings is 1. The predicted molar refractivity (Wildman–Crippen MR) is 114 cm³/mol. The number of hydrogen-bond acceptors (Lipinski definition) is 5. The van der Waals surface area contributed by atoms with E-state index < -0.39 is 9.84 Å². The number of hydrogen-bond donors (Lipinski definition) is 0. The number of fused-ring (bicyclic) bond motifs is 1. The van der Waals surface area contributed by atoms with Gasteiger partial charge in [-0.3, -0.25) is 4.79 Å². The quantitative estimate of drug-likeness (QED) is 0.628. The SMILES string of the molecule is CCS(=O)(=O)Cc1cc(-c2cc(C)c(=O)n(C)c2)c2oc(C3CCCC3)nc2c1. The number of sulfone groups is 1. The van der Waals surface area contributed by atoms with E-state index in [1.165, 1.54) is 12.8 Å². The van der Waals surface area contributed by atoms with Crippen LogP contribution in [0.15, 0.2) is 33.6 Å². The van der Waals surface area contributed by atoms with E-state index >= 15 is 0 Å². The van der Waals surface area contributed by atoms with Gasteiger partial charge in [-0.15, -0.1) is 0 Å². The lowest BCUT2D eigenvalue weighted by atomic mass is 10.0. The fourth-order valence-electron chi connectivity index (χ4n) is 4.13. The van der Waals surface area contributed by atoms with Crippen molar-refractivity contribution < 1.29 is 12.8 Å². The van der Waals surface area contributed by atoms with E-state index in [1.54, 1.807) is 31.7 Å². The van der Waals surface area contributed by atoms with Gasteiger partial charge >= 0.3 is 0 Å². The zero-order chi connectivity index (χ0) is 20.8. The van der Waals surface area contributed by atoms with Gasteiger partial charge in [0.2, 0.25) is 0 Å². The van der Waals surface area contributed by atoms with Gasteiger partial charge in [0.25, 0.3) is 5.56 Å². The molecule has 0 spiro atoms. The maximum absolute atomic E-state index is 12.2. The van der Waals surface area contributed by atoms with Crippen LogP contribution in [0, 0.1) is 6.92 Å². The van der Waals surface area contributed by atoms with E-state index in [0.29, 0.717) is 28.1 Å². The van der Waals surface area contributed by atoms with Crippen LogP contribution in [0.5, 0.6) is 0 Å². The highest BCUT2D eigenvalue weighted by molar-refractivity contribution is 7.90. The fourth-order valence-corrected chi connectivity index (χ4v) is 5.01. The van der Waals surface area contributed by atoms with Gasteiger partial charge in [0.1, 0.15) is 5.52 Å². The first kappa shape index (κ1) is 19.9. The summed E-state index contributed by atoms with van der Waals surface area (Å²) in [5.41, 5.74) is 4.19. The summed E-state index contributed by atoms with van der Waals surface area (Å²) < 4.78 is 32.2. The molecule has 1 aromatic carbocycles. The second kappa shape index (κ2) is 7.44. The number of rotatable bonds is 5. The molecular weight excluding hydrogens is 388 g/mol. The van der Waals surface area contributed by atoms with Crippen LogP contribution in [0.3, 0.4) is 0 Å². The Morgan fingerprint density at radius 1 is 1.21 bits per heavy atom. The van der Waals surface area contributed by atoms with Gasteiger partial charge in [0.05, 0.1) is 5.75 Å². The largest absolute Gasteiger partial charge is 0.440 e. The van der Waals surface area contributed by atoms with Gasteiger partial charge in [-0.25, -0.2) is 13.4 Å². The standard InChI is InChI=1S/C22H26N2O4S/c1-4-29(26,27)13-15-10-18(17-9-14(2)22(25)24(3)12-17)20-19(11-15)23-21(28-20)16-7-5-6-8-16/h9-12,16H,4-8,13H2,1-3H3. The summed E-state index contributed by atoms with van der Waals surface area (Å²) in [5.74, 6) is 1.10. The fraction of sp³-hybridized carbons (Fsp3) is 0.455. The molecule has 7 heteroatoms. The number of benzene rings is 1. The Morgan fingerprint density at radius 2 is 1.93 bits per heavy atom. The average Bonchev–Trinajstić information content (AvgIpc) is 3.34. The lowest BCUT2D eigenvalue weighted by Crippen LogP contribution is -2.18. The molecule has 0 amide bonds. The molecule has 3 aromatic rings. The van der Waals surface area contributed by atoms with Crippen LogP contribution in [0.1, 0.15) is 55.5 Å². The molecule has 0 bridgehead atoms. The second-order valence-electron chi connectivity index (χ2n) is 8.03. The van der Waals surface area contributed by atoms with E-state index in [4.69, 9.17) is 9.40 Å².